The molecule has 3 aromatic rings. The van der Waals surface area contributed by atoms with Crippen molar-refractivity contribution in [2.24, 2.45) is 0 Å². The summed E-state index contributed by atoms with van der Waals surface area (Å²) >= 11 is 8.28. The van der Waals surface area contributed by atoms with Gasteiger partial charge in [-0.1, -0.05) is 46.8 Å². The second-order valence-corrected chi connectivity index (χ2v) is 7.65. The third-order valence-electron chi connectivity index (χ3n) is 3.05. The van der Waals surface area contributed by atoms with Gasteiger partial charge in [0.25, 0.3) is 5.56 Å². The minimum Gasteiger partial charge on any atom is -0.301 e. The Morgan fingerprint density at radius 3 is 2.76 bits per heavy atom. The molecule has 0 fully saturated rings. The summed E-state index contributed by atoms with van der Waals surface area (Å²) in [6.07, 6.45) is 1.40. The lowest BCUT2D eigenvalue weighted by Gasteiger charge is -2.08. The Morgan fingerprint density at radius 1 is 1.28 bits per heavy atom. The summed E-state index contributed by atoms with van der Waals surface area (Å²) in [5.74, 6) is -0.254. The number of thioether (sulfide) groups is 1. The van der Waals surface area contributed by atoms with E-state index in [2.05, 4.69) is 25.5 Å². The molecule has 0 saturated carbocycles. The van der Waals surface area contributed by atoms with Gasteiger partial charge in [0, 0.05) is 22.8 Å². The van der Waals surface area contributed by atoms with E-state index in [4.69, 9.17) is 11.6 Å². The Balaban J connectivity index is 1.64. The number of anilines is 1. The molecule has 2 N–H and O–H groups in total. The summed E-state index contributed by atoms with van der Waals surface area (Å²) in [4.78, 5) is 30.1. The molecule has 25 heavy (non-hydrogen) atoms. The third kappa shape index (κ3) is 4.65. The summed E-state index contributed by atoms with van der Waals surface area (Å²) in [7, 11) is 0. The van der Waals surface area contributed by atoms with Crippen molar-refractivity contribution in [2.45, 2.75) is 17.3 Å². The van der Waals surface area contributed by atoms with Crippen LogP contribution in [0.15, 0.2) is 46.5 Å². The first-order valence-corrected chi connectivity index (χ1v) is 9.21. The maximum absolute atomic E-state index is 12.3. The summed E-state index contributed by atoms with van der Waals surface area (Å²) in [5.41, 5.74) is 0.609. The molecule has 0 radical (unpaired) electrons. The normalized spacial score (nSPS) is 11.9. The van der Waals surface area contributed by atoms with Gasteiger partial charge in [0.1, 0.15) is 5.01 Å². The van der Waals surface area contributed by atoms with E-state index in [1.54, 1.807) is 19.1 Å². The number of nitrogens with zero attached hydrogens (tertiary/aromatic N) is 3. The molecule has 3 rings (SSSR count). The summed E-state index contributed by atoms with van der Waals surface area (Å²) in [6, 6.07) is 8.52. The number of aromatic nitrogens is 4. The first-order valence-electron chi connectivity index (χ1n) is 7.13. The highest BCUT2D eigenvalue weighted by Gasteiger charge is 2.18. The van der Waals surface area contributed by atoms with Crippen molar-refractivity contribution in [2.75, 3.05) is 5.32 Å². The quantitative estimate of drug-likeness (QED) is 0.510. The van der Waals surface area contributed by atoms with Crippen LogP contribution in [-0.4, -0.2) is 31.3 Å². The number of hydrogen-bond acceptors (Lipinski definition) is 7. The highest BCUT2D eigenvalue weighted by atomic mass is 35.5. The van der Waals surface area contributed by atoms with Gasteiger partial charge in [-0.3, -0.25) is 14.9 Å². The SMILES string of the molecule is CC(Sc1nccc(=O)[nH]1)C(=O)Nc1nnc(-c2ccc(Cl)cc2)s1. The molecule has 10 heteroatoms. The monoisotopic (exact) mass is 393 g/mol. The first kappa shape index (κ1) is 17.6. The van der Waals surface area contributed by atoms with Crippen LogP contribution in [0.4, 0.5) is 5.13 Å². The van der Waals surface area contributed by atoms with Gasteiger partial charge in [-0.15, -0.1) is 10.2 Å². The number of benzene rings is 1. The summed E-state index contributed by atoms with van der Waals surface area (Å²) in [5, 5.41) is 12.4. The summed E-state index contributed by atoms with van der Waals surface area (Å²) < 4.78 is 0. The average Bonchev–Trinajstić information content (AvgIpc) is 3.04. The zero-order chi connectivity index (χ0) is 17.8. The molecular formula is C15H12ClN5O2S2. The lowest BCUT2D eigenvalue weighted by atomic mass is 10.2. The van der Waals surface area contributed by atoms with E-state index < -0.39 is 5.25 Å². The number of rotatable bonds is 5. The Bertz CT molecular complexity index is 941. The van der Waals surface area contributed by atoms with Crippen molar-refractivity contribution >= 4 is 45.7 Å². The molecule has 1 amide bonds. The predicted molar refractivity (Wildman–Crippen MR) is 99.2 cm³/mol. The number of halogens is 1. The van der Waals surface area contributed by atoms with E-state index in [1.807, 2.05) is 12.1 Å². The molecule has 2 aromatic heterocycles. The Kier molecular flexibility index (Phi) is 5.47. The molecule has 128 valence electrons. The zero-order valence-corrected chi connectivity index (χ0v) is 15.3. The van der Waals surface area contributed by atoms with Gasteiger partial charge in [-0.2, -0.15) is 0 Å². The number of nitrogens with one attached hydrogen (secondary N) is 2. The average molecular weight is 394 g/mol. The minimum absolute atomic E-state index is 0.254. The van der Waals surface area contributed by atoms with Crippen LogP contribution in [0.1, 0.15) is 6.92 Å². The van der Waals surface area contributed by atoms with Crippen LogP contribution in [0.2, 0.25) is 5.02 Å². The molecule has 0 aliphatic carbocycles. The largest absolute Gasteiger partial charge is 0.301 e. The Morgan fingerprint density at radius 2 is 2.04 bits per heavy atom. The zero-order valence-electron chi connectivity index (χ0n) is 12.9. The number of H-pyrrole nitrogens is 1. The van der Waals surface area contributed by atoms with E-state index in [-0.39, 0.29) is 11.5 Å². The lowest BCUT2D eigenvalue weighted by molar-refractivity contribution is -0.115. The van der Waals surface area contributed by atoms with E-state index in [0.29, 0.717) is 20.3 Å². The molecule has 0 bridgehead atoms. The van der Waals surface area contributed by atoms with Crippen molar-refractivity contribution in [1.29, 1.82) is 0 Å². The van der Waals surface area contributed by atoms with E-state index in [0.717, 1.165) is 17.3 Å². The van der Waals surface area contributed by atoms with Gasteiger partial charge in [0.05, 0.1) is 5.25 Å². The Labute approximate surface area is 155 Å². The minimum atomic E-state index is -0.464. The maximum atomic E-state index is 12.3. The molecule has 7 nitrogen and oxygen atoms in total. The number of hydrogen-bond donors (Lipinski definition) is 2. The first-order chi connectivity index (χ1) is 12.0. The number of carbonyl (C=O) groups is 1. The van der Waals surface area contributed by atoms with Gasteiger partial charge < -0.3 is 4.98 Å². The lowest BCUT2D eigenvalue weighted by Crippen LogP contribution is -2.23. The molecule has 2 heterocycles. The highest BCUT2D eigenvalue weighted by Crippen LogP contribution is 2.28. The molecule has 1 atom stereocenters. The van der Waals surface area contributed by atoms with Gasteiger partial charge in [-0.05, 0) is 19.1 Å². The fourth-order valence-electron chi connectivity index (χ4n) is 1.82. The number of amides is 1. The number of aromatic amines is 1. The van der Waals surface area contributed by atoms with E-state index in [1.165, 1.54) is 23.6 Å². The van der Waals surface area contributed by atoms with Crippen LogP contribution >= 0.6 is 34.7 Å². The van der Waals surface area contributed by atoms with Gasteiger partial charge in [0.2, 0.25) is 11.0 Å². The van der Waals surface area contributed by atoms with Crippen molar-refractivity contribution in [3.05, 3.63) is 51.9 Å². The topological polar surface area (TPSA) is 101 Å². The summed E-state index contributed by atoms with van der Waals surface area (Å²) in [6.45, 7) is 1.72. The van der Waals surface area contributed by atoms with Crippen LogP contribution in [-0.2, 0) is 4.79 Å². The van der Waals surface area contributed by atoms with E-state index in [9.17, 15) is 9.59 Å². The van der Waals surface area contributed by atoms with Gasteiger partial charge >= 0.3 is 0 Å². The van der Waals surface area contributed by atoms with E-state index >= 15 is 0 Å². The fraction of sp³-hybridized carbons (Fsp3) is 0.133. The molecule has 0 spiro atoms. The second kappa shape index (κ2) is 7.77. The molecule has 0 aliphatic heterocycles. The van der Waals surface area contributed by atoms with Crippen LogP contribution in [0, 0.1) is 0 Å². The van der Waals surface area contributed by atoms with Crippen LogP contribution < -0.4 is 10.9 Å². The van der Waals surface area contributed by atoms with Crippen LogP contribution in [0.25, 0.3) is 10.6 Å². The molecule has 1 unspecified atom stereocenters. The molecule has 0 aliphatic rings. The van der Waals surface area contributed by atoms with Crippen molar-refractivity contribution in [3.8, 4) is 10.6 Å². The standard InChI is InChI=1S/C15H12ClN5O2S2/c1-8(24-14-17-7-6-11(22)18-14)12(23)19-15-21-20-13(25-15)9-2-4-10(16)5-3-9/h2-8H,1H3,(H,17,18,22)(H,19,21,23). The van der Waals surface area contributed by atoms with Crippen LogP contribution in [0.5, 0.6) is 0 Å². The predicted octanol–water partition coefficient (Wildman–Crippen LogP) is 3.06. The second-order valence-electron chi connectivity index (χ2n) is 4.91. The van der Waals surface area contributed by atoms with Crippen molar-refractivity contribution in [1.82, 2.24) is 20.2 Å². The van der Waals surface area contributed by atoms with Crippen molar-refractivity contribution in [3.63, 3.8) is 0 Å². The molecular weight excluding hydrogens is 382 g/mol. The third-order valence-corrected chi connectivity index (χ3v) is 5.19. The van der Waals surface area contributed by atoms with Gasteiger partial charge in [-0.25, -0.2) is 4.98 Å². The Hall–Kier alpha value is -2.23. The maximum Gasteiger partial charge on any atom is 0.251 e. The molecule has 0 saturated heterocycles. The van der Waals surface area contributed by atoms with Crippen molar-refractivity contribution < 1.29 is 4.79 Å². The molecule has 1 aromatic carbocycles. The smallest absolute Gasteiger partial charge is 0.251 e. The highest BCUT2D eigenvalue weighted by molar-refractivity contribution is 8.00. The van der Waals surface area contributed by atoms with Gasteiger partial charge in [0.15, 0.2) is 5.16 Å². The fourth-order valence-corrected chi connectivity index (χ4v) is 3.48. The number of carbonyl (C=O) groups excluding carboxylic acids is 1. The van der Waals surface area contributed by atoms with Crippen LogP contribution in [0.3, 0.4) is 0 Å².